The minimum atomic E-state index is 0.550. The molecule has 0 aliphatic carbocycles. The Morgan fingerprint density at radius 3 is 2.76 bits per heavy atom. The molecule has 0 radical (unpaired) electrons. The van der Waals surface area contributed by atoms with Gasteiger partial charge in [0, 0.05) is 25.4 Å². The van der Waals surface area contributed by atoms with Gasteiger partial charge in [-0.05, 0) is 12.8 Å². The number of rotatable bonds is 4. The maximum atomic E-state index is 5.40. The molecule has 0 fully saturated rings. The predicted octanol–water partition coefficient (Wildman–Crippen LogP) is 0.293. The summed E-state index contributed by atoms with van der Waals surface area (Å²) in [5, 5.41) is 7.42. The van der Waals surface area contributed by atoms with Gasteiger partial charge in [0.05, 0.1) is 12.2 Å². The Labute approximate surface area is 102 Å². The highest BCUT2D eigenvalue weighted by Crippen LogP contribution is 2.05. The average molecular weight is 238 g/mol. The summed E-state index contributed by atoms with van der Waals surface area (Å²) in [6, 6.07) is 0. The molecule has 6 heteroatoms. The van der Waals surface area contributed by atoms with Crippen molar-refractivity contribution >= 4 is 5.96 Å². The van der Waals surface area contributed by atoms with Crippen LogP contribution in [0.3, 0.4) is 0 Å². The molecule has 96 valence electrons. The van der Waals surface area contributed by atoms with Crippen molar-refractivity contribution in [2.75, 3.05) is 6.54 Å². The lowest BCUT2D eigenvalue weighted by Crippen LogP contribution is -2.42. The van der Waals surface area contributed by atoms with Crippen LogP contribution in [0.15, 0.2) is 11.2 Å². The summed E-state index contributed by atoms with van der Waals surface area (Å²) in [5.41, 5.74) is 4.67. The molecular weight excluding hydrogens is 216 g/mol. The highest BCUT2D eigenvalue weighted by Gasteiger charge is 2.03. The molecule has 4 N–H and O–H groups in total. The van der Waals surface area contributed by atoms with Gasteiger partial charge in [-0.1, -0.05) is 13.8 Å². The molecule has 1 aromatic heterocycles. The van der Waals surface area contributed by atoms with Crippen LogP contribution in [0.4, 0.5) is 0 Å². The maximum absolute atomic E-state index is 5.40. The minimum Gasteiger partial charge on any atom is -0.355 e. The van der Waals surface area contributed by atoms with E-state index in [0.29, 0.717) is 18.4 Å². The Balaban J connectivity index is 2.57. The van der Waals surface area contributed by atoms with E-state index in [9.17, 15) is 0 Å². The van der Waals surface area contributed by atoms with Crippen molar-refractivity contribution in [1.29, 1.82) is 0 Å². The molecule has 0 saturated heterocycles. The fraction of sp³-hybridized carbons (Fsp3) is 0.636. The van der Waals surface area contributed by atoms with Crippen molar-refractivity contribution < 1.29 is 0 Å². The van der Waals surface area contributed by atoms with Crippen LogP contribution in [0.25, 0.3) is 0 Å². The third-order valence-electron chi connectivity index (χ3n) is 2.34. The number of hydrogen-bond acceptors (Lipinski definition) is 3. The number of nitrogens with one attached hydrogen (secondary N) is 2. The van der Waals surface area contributed by atoms with Crippen LogP contribution in [0.5, 0.6) is 0 Å². The highest BCUT2D eigenvalue weighted by molar-refractivity contribution is 5.79. The second-order valence-electron chi connectivity index (χ2n) is 4.50. The smallest absolute Gasteiger partial charge is 0.206 e. The van der Waals surface area contributed by atoms with Crippen LogP contribution in [-0.2, 0) is 13.6 Å². The van der Waals surface area contributed by atoms with E-state index in [2.05, 4.69) is 34.7 Å². The Bertz CT molecular complexity index is 379. The molecule has 0 bridgehead atoms. The fourth-order valence-corrected chi connectivity index (χ4v) is 1.42. The van der Waals surface area contributed by atoms with Crippen LogP contribution < -0.4 is 16.6 Å². The number of guanidine groups is 1. The summed E-state index contributed by atoms with van der Waals surface area (Å²) in [5.74, 6) is 6.56. The van der Waals surface area contributed by atoms with E-state index < -0.39 is 0 Å². The average Bonchev–Trinajstić information content (AvgIpc) is 2.57. The third-order valence-corrected chi connectivity index (χ3v) is 2.34. The number of aliphatic imine (C=N–C) groups is 1. The first-order valence-electron chi connectivity index (χ1n) is 5.77. The molecule has 0 amide bonds. The van der Waals surface area contributed by atoms with Crippen molar-refractivity contribution in [1.82, 2.24) is 20.5 Å². The topological polar surface area (TPSA) is 80.3 Å². The van der Waals surface area contributed by atoms with Gasteiger partial charge in [0.2, 0.25) is 5.96 Å². The van der Waals surface area contributed by atoms with E-state index in [1.165, 1.54) is 0 Å². The molecule has 0 spiro atoms. The van der Waals surface area contributed by atoms with Crippen molar-refractivity contribution in [2.45, 2.75) is 27.3 Å². The summed E-state index contributed by atoms with van der Waals surface area (Å²) in [4.78, 5) is 4.37. The Hall–Kier alpha value is -1.56. The normalized spacial score (nSPS) is 12.0. The van der Waals surface area contributed by atoms with Crippen LogP contribution in [0.2, 0.25) is 0 Å². The zero-order chi connectivity index (χ0) is 12.8. The molecule has 0 aliphatic heterocycles. The van der Waals surface area contributed by atoms with Gasteiger partial charge in [0.25, 0.3) is 0 Å². The maximum Gasteiger partial charge on any atom is 0.206 e. The Morgan fingerprint density at radius 2 is 2.29 bits per heavy atom. The van der Waals surface area contributed by atoms with Crippen LogP contribution in [0.1, 0.15) is 25.1 Å². The van der Waals surface area contributed by atoms with Gasteiger partial charge >= 0.3 is 0 Å². The first-order chi connectivity index (χ1) is 8.02. The number of nitrogens with two attached hydrogens (primary N) is 1. The first-order valence-corrected chi connectivity index (χ1v) is 5.77. The Kier molecular flexibility index (Phi) is 4.96. The molecule has 6 nitrogen and oxygen atoms in total. The fourth-order valence-electron chi connectivity index (χ4n) is 1.42. The number of nitrogens with zero attached hydrogens (tertiary/aromatic N) is 3. The molecule has 0 saturated carbocycles. The van der Waals surface area contributed by atoms with E-state index in [1.807, 2.05) is 20.2 Å². The lowest BCUT2D eigenvalue weighted by Gasteiger charge is -2.10. The van der Waals surface area contributed by atoms with Crippen molar-refractivity contribution in [3.05, 3.63) is 17.5 Å². The molecule has 1 heterocycles. The second kappa shape index (κ2) is 6.24. The van der Waals surface area contributed by atoms with Gasteiger partial charge in [-0.3, -0.25) is 10.1 Å². The number of hydrazine groups is 1. The number of aryl methyl sites for hydroxylation is 2. The van der Waals surface area contributed by atoms with E-state index in [0.717, 1.165) is 17.8 Å². The molecule has 0 atom stereocenters. The molecule has 1 aromatic rings. The lowest BCUT2D eigenvalue weighted by atomic mass is 10.2. The Morgan fingerprint density at radius 1 is 1.59 bits per heavy atom. The van der Waals surface area contributed by atoms with Crippen molar-refractivity contribution in [3.8, 4) is 0 Å². The summed E-state index contributed by atoms with van der Waals surface area (Å²) in [6.07, 6.45) is 1.97. The minimum absolute atomic E-state index is 0.550. The molecule has 1 rings (SSSR count). The van der Waals surface area contributed by atoms with Crippen LogP contribution in [-0.4, -0.2) is 22.3 Å². The molecule has 0 unspecified atom stereocenters. The van der Waals surface area contributed by atoms with Gasteiger partial charge in [0.1, 0.15) is 0 Å². The molecule has 17 heavy (non-hydrogen) atoms. The lowest BCUT2D eigenvalue weighted by molar-refractivity contribution is 0.615. The zero-order valence-electron chi connectivity index (χ0n) is 11.0. The molecule has 0 aliphatic rings. The van der Waals surface area contributed by atoms with E-state index in [-0.39, 0.29) is 0 Å². The zero-order valence-corrected chi connectivity index (χ0v) is 11.0. The van der Waals surface area contributed by atoms with Crippen LogP contribution in [0, 0.1) is 12.8 Å². The number of aromatic nitrogens is 2. The quantitative estimate of drug-likeness (QED) is 0.305. The SMILES string of the molecule is Cc1nn(C)cc1CN=C(NN)NCC(C)C. The van der Waals surface area contributed by atoms with E-state index in [1.54, 1.807) is 4.68 Å². The standard InChI is InChI=1S/C11H22N6/c1-8(2)5-13-11(15-12)14-6-10-7-17(4)16-9(10)3/h7-8H,5-6,12H2,1-4H3,(H2,13,14,15). The molecular formula is C11H22N6. The van der Waals surface area contributed by atoms with Gasteiger partial charge in [-0.25, -0.2) is 10.8 Å². The van der Waals surface area contributed by atoms with Crippen LogP contribution >= 0.6 is 0 Å². The van der Waals surface area contributed by atoms with Gasteiger partial charge in [-0.2, -0.15) is 5.10 Å². The van der Waals surface area contributed by atoms with E-state index >= 15 is 0 Å². The summed E-state index contributed by atoms with van der Waals surface area (Å²) in [7, 11) is 1.90. The molecule has 0 aromatic carbocycles. The largest absolute Gasteiger partial charge is 0.355 e. The summed E-state index contributed by atoms with van der Waals surface area (Å²) >= 11 is 0. The predicted molar refractivity (Wildman–Crippen MR) is 69.2 cm³/mol. The van der Waals surface area contributed by atoms with Crippen molar-refractivity contribution in [2.24, 2.45) is 23.8 Å². The van der Waals surface area contributed by atoms with Crippen molar-refractivity contribution in [3.63, 3.8) is 0 Å². The monoisotopic (exact) mass is 238 g/mol. The number of hydrogen-bond donors (Lipinski definition) is 3. The highest BCUT2D eigenvalue weighted by atomic mass is 15.3. The summed E-state index contributed by atoms with van der Waals surface area (Å²) < 4.78 is 1.79. The van der Waals surface area contributed by atoms with Gasteiger partial charge in [-0.15, -0.1) is 0 Å². The van der Waals surface area contributed by atoms with Gasteiger partial charge in [0.15, 0.2) is 0 Å². The van der Waals surface area contributed by atoms with Gasteiger partial charge < -0.3 is 5.32 Å². The summed E-state index contributed by atoms with van der Waals surface area (Å²) in [6.45, 7) is 7.65. The second-order valence-corrected chi connectivity index (χ2v) is 4.50. The van der Waals surface area contributed by atoms with E-state index in [4.69, 9.17) is 5.84 Å². The third kappa shape index (κ3) is 4.44. The first kappa shape index (κ1) is 13.5.